The van der Waals surface area contributed by atoms with E-state index in [4.69, 9.17) is 9.29 Å². The quantitative estimate of drug-likeness (QED) is 0.314. The Bertz CT molecular complexity index is 1080. The Kier molecular flexibility index (Phi) is 6.55. The van der Waals surface area contributed by atoms with Crippen LogP contribution in [0.2, 0.25) is 0 Å². The lowest BCUT2D eigenvalue weighted by Crippen LogP contribution is -2.11. The third kappa shape index (κ3) is 6.39. The van der Waals surface area contributed by atoms with Gasteiger partial charge in [-0.3, -0.25) is 4.55 Å². The Balaban J connectivity index is 1.64. The molecule has 0 atom stereocenters. The van der Waals surface area contributed by atoms with E-state index in [1.165, 1.54) is 0 Å². The maximum Gasteiger partial charge on any atom is 0.397 e. The first kappa shape index (κ1) is 20.5. The van der Waals surface area contributed by atoms with Gasteiger partial charge in [-0.15, -0.1) is 5.11 Å². The number of rotatable bonds is 8. The van der Waals surface area contributed by atoms with Crippen molar-refractivity contribution in [1.82, 2.24) is 0 Å². The van der Waals surface area contributed by atoms with E-state index in [1.54, 1.807) is 36.4 Å². The van der Waals surface area contributed by atoms with Crippen molar-refractivity contribution in [3.63, 3.8) is 0 Å². The maximum atomic E-state index is 10.4. The second-order valence-corrected chi connectivity index (χ2v) is 6.95. The smallest absolute Gasteiger partial charge is 0.397 e. The third-order valence-electron chi connectivity index (χ3n) is 3.78. The molecule has 2 N–H and O–H groups in total. The molecule has 0 aliphatic rings. The van der Waals surface area contributed by atoms with Gasteiger partial charge in [0.25, 0.3) is 0 Å². The number of benzene rings is 3. The molecule has 0 aromatic heterocycles. The van der Waals surface area contributed by atoms with Crippen LogP contribution in [0.15, 0.2) is 83.0 Å². The summed E-state index contributed by atoms with van der Waals surface area (Å²) in [6.45, 7) is -0.363. The summed E-state index contributed by atoms with van der Waals surface area (Å²) in [5.74, 6) is 0.490. The van der Waals surface area contributed by atoms with Crippen LogP contribution in [0.4, 0.5) is 11.4 Å². The van der Waals surface area contributed by atoms with Gasteiger partial charge in [-0.2, -0.15) is 13.5 Å². The first-order valence-electron chi connectivity index (χ1n) is 8.55. The lowest BCUT2D eigenvalue weighted by atomic mass is 10.1. The van der Waals surface area contributed by atoms with E-state index < -0.39 is 10.4 Å². The summed E-state index contributed by atoms with van der Waals surface area (Å²) in [5, 5.41) is 18.3. The van der Waals surface area contributed by atoms with Crippen molar-refractivity contribution >= 4 is 21.8 Å². The fraction of sp³-hybridized carbons (Fsp3) is 0.100. The average molecular weight is 414 g/mol. The van der Waals surface area contributed by atoms with Crippen LogP contribution in [0.5, 0.6) is 11.5 Å². The van der Waals surface area contributed by atoms with E-state index in [0.29, 0.717) is 17.1 Å². The lowest BCUT2D eigenvalue weighted by Gasteiger charge is -2.06. The lowest BCUT2D eigenvalue weighted by molar-refractivity contribution is 0.202. The molecule has 0 aliphatic heterocycles. The zero-order valence-corrected chi connectivity index (χ0v) is 16.0. The molecule has 3 aromatic rings. The second kappa shape index (κ2) is 9.28. The summed E-state index contributed by atoms with van der Waals surface area (Å²) in [7, 11) is -4.47. The van der Waals surface area contributed by atoms with Gasteiger partial charge in [-0.25, -0.2) is 4.18 Å². The van der Waals surface area contributed by atoms with Crippen molar-refractivity contribution in [3.8, 4) is 22.6 Å². The number of hydrogen-bond donors (Lipinski definition) is 2. The predicted molar refractivity (Wildman–Crippen MR) is 107 cm³/mol. The highest BCUT2D eigenvalue weighted by molar-refractivity contribution is 7.80. The van der Waals surface area contributed by atoms with Crippen LogP contribution >= 0.6 is 0 Å². The van der Waals surface area contributed by atoms with Gasteiger partial charge in [0.05, 0.1) is 5.69 Å². The number of azo groups is 1. The van der Waals surface area contributed by atoms with Gasteiger partial charge >= 0.3 is 10.4 Å². The molecule has 0 fully saturated rings. The van der Waals surface area contributed by atoms with Crippen LogP contribution < -0.4 is 4.74 Å². The largest absolute Gasteiger partial charge is 0.506 e. The first-order valence-corrected chi connectivity index (χ1v) is 9.92. The molecule has 0 saturated heterocycles. The standard InChI is InChI=1S/C20H18N2O6S/c23-20-11-6-16(15-4-2-1-3-5-15)14-19(20)22-21-17-7-9-18(10-8-17)27-12-13-28-29(24,25)26/h1-11,14,23H,12-13H2,(H,24,25,26). The third-order valence-corrected chi connectivity index (χ3v) is 4.24. The normalized spacial score (nSPS) is 11.6. The summed E-state index contributed by atoms with van der Waals surface area (Å²) >= 11 is 0. The Morgan fingerprint density at radius 3 is 2.24 bits per heavy atom. The Morgan fingerprint density at radius 2 is 1.55 bits per heavy atom. The van der Waals surface area contributed by atoms with Gasteiger partial charge in [0.15, 0.2) is 0 Å². The molecule has 0 bridgehead atoms. The highest BCUT2D eigenvalue weighted by Crippen LogP contribution is 2.33. The summed E-state index contributed by atoms with van der Waals surface area (Å²) in [6.07, 6.45) is 0. The molecule has 0 heterocycles. The topological polar surface area (TPSA) is 118 Å². The summed E-state index contributed by atoms with van der Waals surface area (Å²) in [4.78, 5) is 0. The number of nitrogens with zero attached hydrogens (tertiary/aromatic N) is 2. The molecule has 0 spiro atoms. The van der Waals surface area contributed by atoms with Gasteiger partial charge in [0, 0.05) is 0 Å². The van der Waals surface area contributed by atoms with Crippen LogP contribution in [-0.4, -0.2) is 31.3 Å². The predicted octanol–water partition coefficient (Wildman–Crippen LogP) is 4.67. The SMILES string of the molecule is O=S(=O)(O)OCCOc1ccc(N=Nc2cc(-c3ccccc3)ccc2O)cc1. The Morgan fingerprint density at radius 1 is 0.828 bits per heavy atom. The van der Waals surface area contributed by atoms with Crippen molar-refractivity contribution in [2.45, 2.75) is 0 Å². The number of hydrogen-bond acceptors (Lipinski definition) is 7. The van der Waals surface area contributed by atoms with E-state index in [2.05, 4.69) is 14.4 Å². The van der Waals surface area contributed by atoms with E-state index >= 15 is 0 Å². The molecule has 0 saturated carbocycles. The second-order valence-electron chi connectivity index (χ2n) is 5.86. The molecular formula is C20H18N2O6S. The van der Waals surface area contributed by atoms with E-state index in [9.17, 15) is 13.5 Å². The summed E-state index contributed by atoms with van der Waals surface area (Å²) in [5.41, 5.74) is 2.79. The molecule has 3 rings (SSSR count). The molecule has 0 amide bonds. The van der Waals surface area contributed by atoms with Crippen LogP contribution in [0.3, 0.4) is 0 Å². The number of aromatic hydroxyl groups is 1. The van der Waals surface area contributed by atoms with Crippen molar-refractivity contribution in [2.75, 3.05) is 13.2 Å². The zero-order valence-electron chi connectivity index (χ0n) is 15.2. The van der Waals surface area contributed by atoms with Crippen LogP contribution in [0.1, 0.15) is 0 Å². The van der Waals surface area contributed by atoms with Crippen LogP contribution in [-0.2, 0) is 14.6 Å². The molecule has 0 aliphatic carbocycles. The van der Waals surface area contributed by atoms with Gasteiger partial charge in [0.2, 0.25) is 0 Å². The highest BCUT2D eigenvalue weighted by atomic mass is 32.3. The Labute approximate surface area is 168 Å². The van der Waals surface area contributed by atoms with E-state index in [0.717, 1.165) is 11.1 Å². The molecule has 8 nitrogen and oxygen atoms in total. The number of phenols is 1. The minimum Gasteiger partial charge on any atom is -0.506 e. The number of ether oxygens (including phenoxy) is 1. The molecule has 29 heavy (non-hydrogen) atoms. The fourth-order valence-corrected chi connectivity index (χ4v) is 2.71. The van der Waals surface area contributed by atoms with Gasteiger partial charge < -0.3 is 9.84 Å². The molecule has 150 valence electrons. The monoisotopic (exact) mass is 414 g/mol. The van der Waals surface area contributed by atoms with Gasteiger partial charge in [0.1, 0.15) is 30.4 Å². The van der Waals surface area contributed by atoms with E-state index in [1.807, 2.05) is 36.4 Å². The summed E-state index contributed by atoms with van der Waals surface area (Å²) in [6, 6.07) is 21.4. The minimum absolute atomic E-state index is 0.0206. The molecular weight excluding hydrogens is 396 g/mol. The van der Waals surface area contributed by atoms with Crippen LogP contribution in [0.25, 0.3) is 11.1 Å². The van der Waals surface area contributed by atoms with Crippen molar-refractivity contribution in [2.24, 2.45) is 10.2 Å². The van der Waals surface area contributed by atoms with Crippen molar-refractivity contribution in [3.05, 3.63) is 72.8 Å². The van der Waals surface area contributed by atoms with Crippen molar-refractivity contribution in [1.29, 1.82) is 0 Å². The number of phenolic OH excluding ortho intramolecular Hbond substituents is 1. The van der Waals surface area contributed by atoms with E-state index in [-0.39, 0.29) is 19.0 Å². The molecule has 3 aromatic carbocycles. The van der Waals surface area contributed by atoms with Gasteiger partial charge in [-0.05, 0) is 47.5 Å². The highest BCUT2D eigenvalue weighted by Gasteiger charge is 2.05. The van der Waals surface area contributed by atoms with Gasteiger partial charge in [-0.1, -0.05) is 36.4 Å². The van der Waals surface area contributed by atoms with Crippen LogP contribution in [0, 0.1) is 0 Å². The average Bonchev–Trinajstić information content (AvgIpc) is 2.71. The first-order chi connectivity index (χ1) is 13.9. The molecule has 9 heteroatoms. The minimum atomic E-state index is -4.47. The van der Waals surface area contributed by atoms with Crippen molar-refractivity contribution < 1.29 is 27.0 Å². The molecule has 0 unspecified atom stereocenters. The molecule has 0 radical (unpaired) electrons. The summed E-state index contributed by atoms with van der Waals surface area (Å²) < 4.78 is 38.8. The fourth-order valence-electron chi connectivity index (χ4n) is 2.43. The zero-order chi connectivity index (χ0) is 20.7. The maximum absolute atomic E-state index is 10.4. The Hall–Kier alpha value is -3.27.